The van der Waals surface area contributed by atoms with Gasteiger partial charge in [-0.25, -0.2) is 0 Å². The van der Waals surface area contributed by atoms with Crippen LogP contribution in [0.3, 0.4) is 0 Å². The molecule has 1 aliphatic heterocycles. The summed E-state index contributed by atoms with van der Waals surface area (Å²) < 4.78 is 5.58. The fourth-order valence-electron chi connectivity index (χ4n) is 2.53. The molecule has 0 unspecified atom stereocenters. The van der Waals surface area contributed by atoms with Gasteiger partial charge in [0, 0.05) is 43.2 Å². The lowest BCUT2D eigenvalue weighted by molar-refractivity contribution is 0.230. The molecule has 1 aromatic carbocycles. The van der Waals surface area contributed by atoms with Crippen LogP contribution in [0, 0.1) is 0 Å². The third kappa shape index (κ3) is 3.65. The van der Waals surface area contributed by atoms with E-state index in [1.165, 1.54) is 16.0 Å². The number of hydrogen-bond acceptors (Lipinski definition) is 4. The minimum Gasteiger partial charge on any atom is -0.496 e. The van der Waals surface area contributed by atoms with Crippen LogP contribution in [0.2, 0.25) is 0 Å². The highest BCUT2D eigenvalue weighted by molar-refractivity contribution is 7.98. The molecule has 1 N–H and O–H groups in total. The van der Waals surface area contributed by atoms with Crippen molar-refractivity contribution in [3.05, 3.63) is 23.3 Å². The maximum Gasteiger partial charge on any atom is 0.123 e. The van der Waals surface area contributed by atoms with Crippen molar-refractivity contribution >= 4 is 11.8 Å². The van der Waals surface area contributed by atoms with Crippen molar-refractivity contribution in [3.8, 4) is 5.75 Å². The van der Waals surface area contributed by atoms with Gasteiger partial charge in [0.05, 0.1) is 7.11 Å². The SMILES string of the molecule is CCc1cc(OC)c(CN2CCNCC2)cc1SC. The van der Waals surface area contributed by atoms with Gasteiger partial charge in [0.2, 0.25) is 0 Å². The van der Waals surface area contributed by atoms with Crippen molar-refractivity contribution in [1.82, 2.24) is 10.2 Å². The summed E-state index contributed by atoms with van der Waals surface area (Å²) in [6.07, 6.45) is 3.20. The fraction of sp³-hybridized carbons (Fsp3) is 0.600. The Kier molecular flexibility index (Phi) is 5.55. The van der Waals surface area contributed by atoms with E-state index in [0.717, 1.165) is 44.9 Å². The number of nitrogens with zero attached hydrogens (tertiary/aromatic N) is 1. The number of benzene rings is 1. The molecule has 0 spiro atoms. The van der Waals surface area contributed by atoms with Gasteiger partial charge in [0.25, 0.3) is 0 Å². The van der Waals surface area contributed by atoms with E-state index in [4.69, 9.17) is 4.74 Å². The molecule has 1 heterocycles. The van der Waals surface area contributed by atoms with Gasteiger partial charge in [0.1, 0.15) is 5.75 Å². The van der Waals surface area contributed by atoms with E-state index in [9.17, 15) is 0 Å². The van der Waals surface area contributed by atoms with Crippen molar-refractivity contribution in [2.45, 2.75) is 24.8 Å². The van der Waals surface area contributed by atoms with Crippen LogP contribution in [-0.4, -0.2) is 44.4 Å². The van der Waals surface area contributed by atoms with E-state index in [1.807, 2.05) is 11.8 Å². The van der Waals surface area contributed by atoms with E-state index in [2.05, 4.69) is 35.5 Å². The van der Waals surface area contributed by atoms with E-state index in [0.29, 0.717) is 0 Å². The first-order valence-corrected chi connectivity index (χ1v) is 8.17. The lowest BCUT2D eigenvalue weighted by Gasteiger charge is -2.28. The molecule has 19 heavy (non-hydrogen) atoms. The molecule has 1 fully saturated rings. The standard InChI is InChI=1S/C15H24N2OS/c1-4-12-9-14(18-2)13(10-15(12)19-3)11-17-7-5-16-6-8-17/h9-10,16H,4-8,11H2,1-3H3. The Morgan fingerprint density at radius 3 is 2.58 bits per heavy atom. The smallest absolute Gasteiger partial charge is 0.123 e. The second-order valence-electron chi connectivity index (χ2n) is 4.86. The summed E-state index contributed by atoms with van der Waals surface area (Å²) >= 11 is 1.83. The summed E-state index contributed by atoms with van der Waals surface area (Å²) in [5.74, 6) is 1.04. The molecule has 3 nitrogen and oxygen atoms in total. The molecule has 106 valence electrons. The number of hydrogen-bond donors (Lipinski definition) is 1. The quantitative estimate of drug-likeness (QED) is 0.837. The van der Waals surface area contributed by atoms with Crippen LogP contribution in [0.25, 0.3) is 0 Å². The summed E-state index contributed by atoms with van der Waals surface area (Å²) in [5, 5.41) is 3.39. The molecule has 0 aromatic heterocycles. The molecule has 0 amide bonds. The second kappa shape index (κ2) is 7.17. The van der Waals surface area contributed by atoms with Gasteiger partial charge in [-0.3, -0.25) is 4.90 Å². The maximum atomic E-state index is 5.58. The fourth-order valence-corrected chi connectivity index (χ4v) is 3.26. The molecule has 0 saturated carbocycles. The second-order valence-corrected chi connectivity index (χ2v) is 5.70. The number of methoxy groups -OCH3 is 1. The lowest BCUT2D eigenvalue weighted by atomic mass is 10.1. The first kappa shape index (κ1) is 14.7. The molecule has 0 aliphatic carbocycles. The molecule has 4 heteroatoms. The molecule has 1 aliphatic rings. The zero-order chi connectivity index (χ0) is 13.7. The highest BCUT2D eigenvalue weighted by atomic mass is 32.2. The Labute approximate surface area is 120 Å². The monoisotopic (exact) mass is 280 g/mol. The Hall–Kier alpha value is -0.710. The van der Waals surface area contributed by atoms with E-state index < -0.39 is 0 Å². The van der Waals surface area contributed by atoms with Crippen molar-refractivity contribution in [2.75, 3.05) is 39.5 Å². The molecule has 1 aromatic rings. The van der Waals surface area contributed by atoms with Gasteiger partial charge in [-0.1, -0.05) is 6.92 Å². The van der Waals surface area contributed by atoms with Crippen LogP contribution in [0.1, 0.15) is 18.1 Å². The molecular weight excluding hydrogens is 256 g/mol. The highest BCUT2D eigenvalue weighted by Crippen LogP contribution is 2.30. The first-order valence-electron chi connectivity index (χ1n) is 6.95. The van der Waals surface area contributed by atoms with Crippen molar-refractivity contribution in [2.24, 2.45) is 0 Å². The Balaban J connectivity index is 2.21. The normalized spacial score (nSPS) is 16.6. The van der Waals surface area contributed by atoms with E-state index in [-0.39, 0.29) is 0 Å². The number of ether oxygens (including phenoxy) is 1. The molecule has 1 saturated heterocycles. The summed E-state index contributed by atoms with van der Waals surface area (Å²) in [6, 6.07) is 4.52. The van der Waals surface area contributed by atoms with Gasteiger partial charge < -0.3 is 10.1 Å². The summed E-state index contributed by atoms with van der Waals surface area (Å²) in [6.45, 7) is 7.60. The Bertz CT molecular complexity index is 417. The largest absolute Gasteiger partial charge is 0.496 e. The third-order valence-corrected chi connectivity index (χ3v) is 4.49. The van der Waals surface area contributed by atoms with Crippen LogP contribution < -0.4 is 10.1 Å². The summed E-state index contributed by atoms with van der Waals surface area (Å²) in [5.41, 5.74) is 2.69. The summed E-state index contributed by atoms with van der Waals surface area (Å²) in [4.78, 5) is 3.87. The number of thioether (sulfide) groups is 1. The average Bonchev–Trinajstić information content (AvgIpc) is 2.47. The summed E-state index contributed by atoms with van der Waals surface area (Å²) in [7, 11) is 1.77. The van der Waals surface area contributed by atoms with Gasteiger partial charge in [-0.05, 0) is 30.4 Å². The van der Waals surface area contributed by atoms with Crippen LogP contribution in [-0.2, 0) is 13.0 Å². The number of nitrogens with one attached hydrogen (secondary N) is 1. The van der Waals surface area contributed by atoms with Crippen molar-refractivity contribution in [1.29, 1.82) is 0 Å². The van der Waals surface area contributed by atoms with E-state index >= 15 is 0 Å². The third-order valence-electron chi connectivity index (χ3n) is 3.67. The average molecular weight is 280 g/mol. The highest BCUT2D eigenvalue weighted by Gasteiger charge is 2.14. The molecule has 2 rings (SSSR count). The van der Waals surface area contributed by atoms with Crippen molar-refractivity contribution in [3.63, 3.8) is 0 Å². The van der Waals surface area contributed by atoms with E-state index in [1.54, 1.807) is 7.11 Å². The van der Waals surface area contributed by atoms with Gasteiger partial charge in [0.15, 0.2) is 0 Å². The number of aryl methyl sites for hydroxylation is 1. The zero-order valence-corrected chi connectivity index (χ0v) is 13.0. The first-order chi connectivity index (χ1) is 9.28. The topological polar surface area (TPSA) is 24.5 Å². The number of rotatable bonds is 5. The van der Waals surface area contributed by atoms with Gasteiger partial charge >= 0.3 is 0 Å². The minimum absolute atomic E-state index is 0.988. The minimum atomic E-state index is 0.988. The van der Waals surface area contributed by atoms with Gasteiger partial charge in [-0.15, -0.1) is 11.8 Å². The predicted molar refractivity (Wildman–Crippen MR) is 82.3 cm³/mol. The molecule has 0 atom stereocenters. The van der Waals surface area contributed by atoms with Gasteiger partial charge in [-0.2, -0.15) is 0 Å². The maximum absolute atomic E-state index is 5.58. The van der Waals surface area contributed by atoms with Crippen LogP contribution in [0.4, 0.5) is 0 Å². The van der Waals surface area contributed by atoms with Crippen molar-refractivity contribution < 1.29 is 4.74 Å². The lowest BCUT2D eigenvalue weighted by Crippen LogP contribution is -2.42. The van der Waals surface area contributed by atoms with Crippen LogP contribution in [0.15, 0.2) is 17.0 Å². The zero-order valence-electron chi connectivity index (χ0n) is 12.2. The predicted octanol–water partition coefficient (Wildman–Crippen LogP) is 2.38. The molecular formula is C15H24N2OS. The molecule has 0 bridgehead atoms. The van der Waals surface area contributed by atoms with Crippen LogP contribution >= 0.6 is 11.8 Å². The Morgan fingerprint density at radius 1 is 1.26 bits per heavy atom. The Morgan fingerprint density at radius 2 is 2.00 bits per heavy atom. The number of piperazine rings is 1. The molecule has 0 radical (unpaired) electrons. The van der Waals surface area contributed by atoms with Crippen LogP contribution in [0.5, 0.6) is 5.75 Å².